The van der Waals surface area contributed by atoms with Gasteiger partial charge < -0.3 is 30.4 Å². The van der Waals surface area contributed by atoms with E-state index in [9.17, 15) is 18.7 Å². The number of halogens is 2. The highest BCUT2D eigenvalue weighted by Gasteiger charge is 2.54. The van der Waals surface area contributed by atoms with Crippen LogP contribution in [0.2, 0.25) is 0 Å². The lowest BCUT2D eigenvalue weighted by Crippen LogP contribution is -2.35. The van der Waals surface area contributed by atoms with E-state index in [1.165, 1.54) is 21.8 Å². The number of ether oxygens (including phenoxy) is 4. The maximum absolute atomic E-state index is 16.9. The summed E-state index contributed by atoms with van der Waals surface area (Å²) in [6.07, 6.45) is -0.318. The molecule has 0 radical (unpaired) electrons. The second-order valence-electron chi connectivity index (χ2n) is 15.7. The highest BCUT2D eigenvalue weighted by Crippen LogP contribution is 2.58. The molecule has 0 spiro atoms. The molecule has 27 heteroatoms. The molecule has 4 N–H and O–H groups in total. The zero-order chi connectivity index (χ0) is 46.8. The average Bonchev–Trinajstić information content (AvgIpc) is 4.06. The molecule has 10 atom stereocenters. The Labute approximate surface area is 377 Å². The third-order valence-electron chi connectivity index (χ3n) is 11.0. The number of alkyl halides is 2. The number of unbranched alkanes of at least 4 members (excludes halogenated alkanes) is 8. The molecule has 0 amide bonds. The summed E-state index contributed by atoms with van der Waals surface area (Å²) in [5, 5.41) is 0. The molecule has 66 heavy (non-hydrogen) atoms. The summed E-state index contributed by atoms with van der Waals surface area (Å²) in [6.45, 7) is 1.40. The second kappa shape index (κ2) is 22.5. The predicted molar refractivity (Wildman–Crippen MR) is 228 cm³/mol. The molecule has 2 unspecified atom stereocenters. The Morgan fingerprint density at radius 1 is 0.712 bits per heavy atom. The Balaban J connectivity index is 1.19. The van der Waals surface area contributed by atoms with E-state index < -0.39 is 96.8 Å². The number of phosphoric ester groups is 1. The summed E-state index contributed by atoms with van der Waals surface area (Å²) < 4.78 is 117. The first kappa shape index (κ1) is 49.3. The number of hydrogen-bond donors (Lipinski definition) is 2. The van der Waals surface area contributed by atoms with Gasteiger partial charge in [0.1, 0.15) is 48.1 Å². The molecule has 4 aromatic rings. The van der Waals surface area contributed by atoms with Gasteiger partial charge in [-0.15, -0.1) is 0 Å². The zero-order valence-electron chi connectivity index (χ0n) is 36.4. The Kier molecular flexibility index (Phi) is 16.8. The monoisotopic (exact) mass is 970 g/mol. The maximum atomic E-state index is 16.9. The number of nitrogen functional groups attached to an aromatic ring is 2. The Morgan fingerprint density at radius 2 is 1.24 bits per heavy atom. The van der Waals surface area contributed by atoms with Crippen LogP contribution in [0, 0.1) is 0 Å². The fraction of sp³-hybridized carbons (Fsp3) is 0.641. The number of fused-ring (bicyclic) bond motifs is 4. The van der Waals surface area contributed by atoms with Crippen LogP contribution in [-0.2, 0) is 60.3 Å². The van der Waals surface area contributed by atoms with Gasteiger partial charge >= 0.3 is 27.4 Å². The van der Waals surface area contributed by atoms with Crippen molar-refractivity contribution in [3.05, 3.63) is 37.2 Å². The number of carbonyl (C=O) groups excluding carboxylic acids is 2. The molecule has 0 bridgehead atoms. The number of nitrogens with zero attached hydrogens (tertiary/aromatic N) is 8. The topological polar surface area (TPSA) is 291 Å². The van der Waals surface area contributed by atoms with Gasteiger partial charge in [0.2, 0.25) is 13.6 Å². The third-order valence-corrected chi connectivity index (χ3v) is 14.0. The first-order chi connectivity index (χ1) is 31.8. The van der Waals surface area contributed by atoms with E-state index >= 15 is 8.78 Å². The molecule has 2 saturated heterocycles. The van der Waals surface area contributed by atoms with Crippen LogP contribution >= 0.6 is 15.4 Å². The molecular weight excluding hydrogens is 916 g/mol. The molecular formula is C39H54F2N10O13P2. The van der Waals surface area contributed by atoms with Crippen LogP contribution in [0.4, 0.5) is 20.4 Å². The van der Waals surface area contributed by atoms with Gasteiger partial charge in [-0.1, -0.05) is 65.2 Å². The maximum Gasteiger partial charge on any atom is 0.478 e. The fourth-order valence-corrected chi connectivity index (χ4v) is 10.2. The minimum absolute atomic E-state index is 0.0102. The van der Waals surface area contributed by atoms with Crippen LogP contribution in [0.3, 0.4) is 0 Å². The summed E-state index contributed by atoms with van der Waals surface area (Å²) in [4.78, 5) is 49.7. The normalized spacial score (nSPS) is 29.5. The summed E-state index contributed by atoms with van der Waals surface area (Å²) in [5.74, 6) is -0.491. The molecule has 0 aromatic carbocycles. The number of esters is 2. The van der Waals surface area contributed by atoms with Gasteiger partial charge in [-0.3, -0.25) is 41.4 Å². The minimum Gasteiger partial charge on any atom is -0.438 e. The van der Waals surface area contributed by atoms with Gasteiger partial charge in [-0.25, -0.2) is 47.8 Å². The molecule has 3 aliphatic rings. The lowest BCUT2D eigenvalue weighted by atomic mass is 10.1. The molecule has 362 valence electrons. The summed E-state index contributed by atoms with van der Waals surface area (Å²) in [6, 6.07) is 0. The van der Waals surface area contributed by atoms with Gasteiger partial charge in [0, 0.05) is 18.7 Å². The molecule has 4 aromatic heterocycles. The quantitative estimate of drug-likeness (QED) is 0.0404. The lowest BCUT2D eigenvalue weighted by Gasteiger charge is -2.28. The van der Waals surface area contributed by atoms with Crippen LogP contribution in [-0.4, -0.2) is 108 Å². The Morgan fingerprint density at radius 3 is 1.82 bits per heavy atom. The SMILES string of the molecule is CCCCCCCC(=O)OCOP1(=O)/C=C\[C@H]2O[C@@H](n3cnc4c(N)ncnc43)[C@H](F)[C@@H]2OP(=O)(OCOC(=O)CCCCCCC)OC[C@H]2O[C@@H](n3cnc4c(N)ncnc43)[C@H](F)[C@@H]2O1. The second-order valence-corrected chi connectivity index (χ2v) is 19.2. The number of imidazole rings is 2. The predicted octanol–water partition coefficient (Wildman–Crippen LogP) is 6.67. The Hall–Kier alpha value is -4.58. The number of hydrogen-bond acceptors (Lipinski definition) is 21. The molecule has 7 heterocycles. The van der Waals surface area contributed by atoms with Gasteiger partial charge in [0.25, 0.3) is 0 Å². The number of phosphoric acid groups is 1. The van der Waals surface area contributed by atoms with Crippen molar-refractivity contribution in [1.82, 2.24) is 39.0 Å². The number of anilines is 2. The number of aromatic nitrogens is 8. The molecule has 0 aliphatic carbocycles. The summed E-state index contributed by atoms with van der Waals surface area (Å²) in [5.41, 5.74) is 12.3. The largest absolute Gasteiger partial charge is 0.478 e. The molecule has 0 saturated carbocycles. The van der Waals surface area contributed by atoms with Crippen LogP contribution < -0.4 is 11.5 Å². The van der Waals surface area contributed by atoms with Crippen molar-refractivity contribution in [2.24, 2.45) is 0 Å². The lowest BCUT2D eigenvalue weighted by molar-refractivity contribution is -0.152. The van der Waals surface area contributed by atoms with Crippen LogP contribution in [0.15, 0.2) is 37.2 Å². The van der Waals surface area contributed by atoms with E-state index in [4.69, 9.17) is 53.0 Å². The molecule has 3 aliphatic heterocycles. The van der Waals surface area contributed by atoms with Crippen molar-refractivity contribution < 1.29 is 69.1 Å². The summed E-state index contributed by atoms with van der Waals surface area (Å²) >= 11 is 0. The standard InChI is InChI=1S/C39H54F2N10O13P2/c1-3-5-7-9-11-13-26(52)56-22-59-65(54)16-15-24-32(28(40)38(61-24)50-20-48-30-34(42)44-18-46-36(30)50)64-66(55,60-23-57-27(53)14-12-10-8-6-4-2)58-17-25-33(63-65)29(41)39(62-25)51-21-49-31-35(43)45-19-47-37(31)51/h15-16,18-21,24-25,28-29,32-33,38-39H,3-14,17,22-23H2,1-2H3,(H2,42,44,46)(H2,43,45,47)/b16-15-/t24-,25-,28-,29-,32-,33-,38-,39-,65?,66?/m1/s1. The first-order valence-electron chi connectivity index (χ1n) is 21.8. The van der Waals surface area contributed by atoms with E-state index in [1.807, 2.05) is 0 Å². The smallest absolute Gasteiger partial charge is 0.438 e. The van der Waals surface area contributed by atoms with Crippen LogP contribution in [0.25, 0.3) is 22.3 Å². The number of rotatable bonds is 20. The average molecular weight is 971 g/mol. The number of nitrogens with two attached hydrogens (primary N) is 2. The van der Waals surface area contributed by atoms with Gasteiger partial charge in [-0.05, 0) is 18.9 Å². The first-order valence-corrected chi connectivity index (χ1v) is 24.9. The van der Waals surface area contributed by atoms with Crippen molar-refractivity contribution in [2.45, 2.75) is 140 Å². The van der Waals surface area contributed by atoms with E-state index in [0.29, 0.717) is 12.8 Å². The van der Waals surface area contributed by atoms with Gasteiger partial charge in [-0.2, -0.15) is 0 Å². The van der Waals surface area contributed by atoms with Crippen molar-refractivity contribution in [3.63, 3.8) is 0 Å². The minimum atomic E-state index is -5.07. The molecule has 2 fully saturated rings. The third kappa shape index (κ3) is 11.7. The number of carbonyl (C=O) groups is 2. The van der Waals surface area contributed by atoms with E-state index in [2.05, 4.69) is 43.8 Å². The molecule has 7 rings (SSSR count). The van der Waals surface area contributed by atoms with Gasteiger partial charge in [0.05, 0.1) is 19.3 Å². The van der Waals surface area contributed by atoms with Gasteiger partial charge in [0.15, 0.2) is 47.7 Å². The van der Waals surface area contributed by atoms with E-state index in [1.54, 1.807) is 0 Å². The highest BCUT2D eigenvalue weighted by molar-refractivity contribution is 7.57. The van der Waals surface area contributed by atoms with Crippen molar-refractivity contribution >= 4 is 61.3 Å². The molecule has 23 nitrogen and oxygen atoms in total. The fourth-order valence-electron chi connectivity index (χ4n) is 7.53. The van der Waals surface area contributed by atoms with Crippen molar-refractivity contribution in [3.8, 4) is 0 Å². The zero-order valence-corrected chi connectivity index (χ0v) is 38.2. The van der Waals surface area contributed by atoms with Crippen molar-refractivity contribution in [1.29, 1.82) is 0 Å². The Bertz CT molecular complexity index is 2410. The van der Waals surface area contributed by atoms with E-state index in [0.717, 1.165) is 75.9 Å². The van der Waals surface area contributed by atoms with Crippen molar-refractivity contribution in [2.75, 3.05) is 31.7 Å². The summed E-state index contributed by atoms with van der Waals surface area (Å²) in [7, 11) is -9.85. The highest BCUT2D eigenvalue weighted by atomic mass is 31.2. The van der Waals surface area contributed by atoms with E-state index in [-0.39, 0.29) is 46.8 Å². The van der Waals surface area contributed by atoms with Crippen LogP contribution in [0.5, 0.6) is 0 Å². The van der Waals surface area contributed by atoms with Crippen LogP contribution in [0.1, 0.15) is 103 Å².